The first-order valence-corrected chi connectivity index (χ1v) is 4.90. The zero-order chi connectivity index (χ0) is 11.4. The van der Waals surface area contributed by atoms with Crippen LogP contribution in [-0.4, -0.2) is 33.8 Å². The van der Waals surface area contributed by atoms with Gasteiger partial charge >= 0.3 is 0 Å². The molecule has 0 bridgehead atoms. The molecule has 1 amide bonds. The van der Waals surface area contributed by atoms with Crippen molar-refractivity contribution in [2.45, 2.75) is 32.4 Å². The summed E-state index contributed by atoms with van der Waals surface area (Å²) in [6.45, 7) is 4.44. The molecule has 0 saturated heterocycles. The predicted molar refractivity (Wildman–Crippen MR) is 56.2 cm³/mol. The SMILES string of the molecule is CNC(Cn1cnc(C(C)C)n1)C(N)=O. The van der Waals surface area contributed by atoms with Crippen molar-refractivity contribution in [3.8, 4) is 0 Å². The van der Waals surface area contributed by atoms with E-state index in [-0.39, 0.29) is 11.8 Å². The van der Waals surface area contributed by atoms with Crippen molar-refractivity contribution in [1.82, 2.24) is 20.1 Å². The van der Waals surface area contributed by atoms with Gasteiger partial charge in [-0.25, -0.2) is 4.98 Å². The minimum absolute atomic E-state index is 0.285. The third-order valence-corrected chi connectivity index (χ3v) is 2.13. The zero-order valence-electron chi connectivity index (χ0n) is 9.27. The Morgan fingerprint density at radius 1 is 1.67 bits per heavy atom. The minimum atomic E-state index is -0.410. The highest BCUT2D eigenvalue weighted by Gasteiger charge is 2.14. The second kappa shape index (κ2) is 4.88. The topological polar surface area (TPSA) is 85.8 Å². The molecule has 0 radical (unpaired) electrons. The summed E-state index contributed by atoms with van der Waals surface area (Å²) in [5.41, 5.74) is 5.20. The van der Waals surface area contributed by atoms with Crippen molar-refractivity contribution in [2.24, 2.45) is 5.73 Å². The van der Waals surface area contributed by atoms with Gasteiger partial charge in [-0.2, -0.15) is 5.10 Å². The first kappa shape index (κ1) is 11.6. The highest BCUT2D eigenvalue weighted by Crippen LogP contribution is 2.06. The molecular formula is C9H17N5O. The Hall–Kier alpha value is -1.43. The maximum Gasteiger partial charge on any atom is 0.236 e. The molecule has 0 saturated carbocycles. The van der Waals surface area contributed by atoms with Crippen LogP contribution in [0.5, 0.6) is 0 Å². The Morgan fingerprint density at radius 2 is 2.33 bits per heavy atom. The van der Waals surface area contributed by atoms with E-state index < -0.39 is 6.04 Å². The van der Waals surface area contributed by atoms with Gasteiger partial charge in [0, 0.05) is 5.92 Å². The lowest BCUT2D eigenvalue weighted by atomic mass is 10.2. The Kier molecular flexibility index (Phi) is 3.79. The van der Waals surface area contributed by atoms with E-state index in [9.17, 15) is 4.79 Å². The second-order valence-electron chi connectivity index (χ2n) is 3.72. The van der Waals surface area contributed by atoms with Gasteiger partial charge in [0.25, 0.3) is 0 Å². The largest absolute Gasteiger partial charge is 0.368 e. The number of likely N-dealkylation sites (N-methyl/N-ethyl adjacent to an activating group) is 1. The molecular weight excluding hydrogens is 194 g/mol. The summed E-state index contributed by atoms with van der Waals surface area (Å²) >= 11 is 0. The molecule has 0 aliphatic heterocycles. The molecule has 1 unspecified atom stereocenters. The number of amides is 1. The van der Waals surface area contributed by atoms with Gasteiger partial charge in [-0.3, -0.25) is 9.48 Å². The van der Waals surface area contributed by atoms with Crippen molar-refractivity contribution >= 4 is 5.91 Å². The fourth-order valence-corrected chi connectivity index (χ4v) is 1.17. The molecule has 0 aromatic carbocycles. The smallest absolute Gasteiger partial charge is 0.236 e. The van der Waals surface area contributed by atoms with E-state index in [4.69, 9.17) is 5.73 Å². The molecule has 0 aliphatic carbocycles. The lowest BCUT2D eigenvalue weighted by molar-refractivity contribution is -0.120. The summed E-state index contributed by atoms with van der Waals surface area (Å²) in [4.78, 5) is 15.1. The van der Waals surface area contributed by atoms with Gasteiger partial charge in [0.05, 0.1) is 6.54 Å². The molecule has 15 heavy (non-hydrogen) atoms. The normalized spacial score (nSPS) is 13.1. The van der Waals surface area contributed by atoms with Crippen LogP contribution in [0.1, 0.15) is 25.6 Å². The maximum atomic E-state index is 11.0. The fourth-order valence-electron chi connectivity index (χ4n) is 1.17. The number of carbonyl (C=O) groups is 1. The van der Waals surface area contributed by atoms with Crippen LogP contribution in [0.15, 0.2) is 6.33 Å². The molecule has 84 valence electrons. The quantitative estimate of drug-likeness (QED) is 0.686. The molecule has 1 aromatic rings. The number of aromatic nitrogens is 3. The predicted octanol–water partition coefficient (Wildman–Crippen LogP) is -0.525. The van der Waals surface area contributed by atoms with Gasteiger partial charge in [0.1, 0.15) is 12.4 Å². The molecule has 1 heterocycles. The summed E-state index contributed by atoms with van der Waals surface area (Å²) in [7, 11) is 1.69. The van der Waals surface area contributed by atoms with E-state index in [1.807, 2.05) is 13.8 Å². The van der Waals surface area contributed by atoms with E-state index in [1.165, 1.54) is 0 Å². The average molecular weight is 211 g/mol. The van der Waals surface area contributed by atoms with Gasteiger partial charge < -0.3 is 11.1 Å². The molecule has 0 spiro atoms. The minimum Gasteiger partial charge on any atom is -0.368 e. The highest BCUT2D eigenvalue weighted by molar-refractivity contribution is 5.79. The number of carbonyl (C=O) groups excluding carboxylic acids is 1. The van der Waals surface area contributed by atoms with Crippen LogP contribution in [0.25, 0.3) is 0 Å². The van der Waals surface area contributed by atoms with Crippen molar-refractivity contribution in [3.05, 3.63) is 12.2 Å². The van der Waals surface area contributed by atoms with Crippen LogP contribution in [0.3, 0.4) is 0 Å². The van der Waals surface area contributed by atoms with Gasteiger partial charge in [-0.1, -0.05) is 13.8 Å². The number of nitrogens with zero attached hydrogens (tertiary/aromatic N) is 3. The highest BCUT2D eigenvalue weighted by atomic mass is 16.1. The van der Waals surface area contributed by atoms with Crippen LogP contribution in [0.2, 0.25) is 0 Å². The van der Waals surface area contributed by atoms with Crippen molar-refractivity contribution < 1.29 is 4.79 Å². The third kappa shape index (κ3) is 3.02. The molecule has 3 N–H and O–H groups in total. The van der Waals surface area contributed by atoms with Crippen molar-refractivity contribution in [2.75, 3.05) is 7.05 Å². The maximum absolute atomic E-state index is 11.0. The number of primary amides is 1. The van der Waals surface area contributed by atoms with Crippen LogP contribution in [-0.2, 0) is 11.3 Å². The molecule has 0 fully saturated rings. The standard InChI is InChI=1S/C9H17N5O/c1-6(2)9-12-5-14(13-9)4-7(11-3)8(10)15/h5-7,11H,4H2,1-3H3,(H2,10,15). The van der Waals surface area contributed by atoms with Crippen molar-refractivity contribution in [3.63, 3.8) is 0 Å². The summed E-state index contributed by atoms with van der Waals surface area (Å²) in [5, 5.41) is 7.06. The lowest BCUT2D eigenvalue weighted by Crippen LogP contribution is -2.42. The number of hydrogen-bond acceptors (Lipinski definition) is 4. The molecule has 6 heteroatoms. The zero-order valence-corrected chi connectivity index (χ0v) is 9.27. The van der Waals surface area contributed by atoms with E-state index in [2.05, 4.69) is 15.4 Å². The van der Waals surface area contributed by atoms with Crippen LogP contribution < -0.4 is 11.1 Å². The Labute approximate surface area is 88.9 Å². The summed E-state index contributed by atoms with van der Waals surface area (Å²) in [5.74, 6) is 0.668. The van der Waals surface area contributed by atoms with Gasteiger partial charge in [-0.05, 0) is 7.05 Å². The number of rotatable bonds is 5. The van der Waals surface area contributed by atoms with E-state index in [1.54, 1.807) is 18.1 Å². The van der Waals surface area contributed by atoms with Gasteiger partial charge in [0.15, 0.2) is 5.82 Å². The number of nitrogens with one attached hydrogen (secondary N) is 1. The second-order valence-corrected chi connectivity index (χ2v) is 3.72. The summed E-state index contributed by atoms with van der Waals surface area (Å²) in [6, 6.07) is -0.410. The Bertz CT molecular complexity index is 333. The van der Waals surface area contributed by atoms with Crippen LogP contribution >= 0.6 is 0 Å². The Morgan fingerprint density at radius 3 is 2.73 bits per heavy atom. The summed E-state index contributed by atoms with van der Waals surface area (Å²) in [6.07, 6.45) is 1.61. The van der Waals surface area contributed by atoms with Crippen LogP contribution in [0, 0.1) is 0 Å². The first-order valence-electron chi connectivity index (χ1n) is 4.90. The molecule has 1 aromatic heterocycles. The van der Waals surface area contributed by atoms with Crippen molar-refractivity contribution in [1.29, 1.82) is 0 Å². The monoisotopic (exact) mass is 211 g/mol. The number of nitrogens with two attached hydrogens (primary N) is 1. The third-order valence-electron chi connectivity index (χ3n) is 2.13. The van der Waals surface area contributed by atoms with Crippen LogP contribution in [0.4, 0.5) is 0 Å². The molecule has 1 atom stereocenters. The van der Waals surface area contributed by atoms with Gasteiger partial charge in [0.2, 0.25) is 5.91 Å². The number of hydrogen-bond donors (Lipinski definition) is 2. The summed E-state index contributed by atoms with van der Waals surface area (Å²) < 4.78 is 1.63. The molecule has 1 rings (SSSR count). The average Bonchev–Trinajstić information content (AvgIpc) is 2.61. The molecule has 6 nitrogen and oxygen atoms in total. The van der Waals surface area contributed by atoms with E-state index in [0.717, 1.165) is 5.82 Å². The fraction of sp³-hybridized carbons (Fsp3) is 0.667. The molecule has 0 aliphatic rings. The van der Waals surface area contributed by atoms with Gasteiger partial charge in [-0.15, -0.1) is 0 Å². The lowest BCUT2D eigenvalue weighted by Gasteiger charge is -2.11. The first-order chi connectivity index (χ1) is 7.04. The Balaban J connectivity index is 2.67. The van der Waals surface area contributed by atoms with E-state index >= 15 is 0 Å². The van der Waals surface area contributed by atoms with E-state index in [0.29, 0.717) is 6.54 Å².